The standard InChI is InChI=1S/C15H19ClN2O/c1-2-3-4-15(19)17-8-7-11-10-18-14-6-5-12(16)9-13(11)14/h5-6,9-10,18H,2-4,7-8H2,1H3,(H,17,19). The quantitative estimate of drug-likeness (QED) is 0.832. The van der Waals surface area contributed by atoms with Gasteiger partial charge in [-0.05, 0) is 36.6 Å². The van der Waals surface area contributed by atoms with Crippen LogP contribution in [0.2, 0.25) is 5.02 Å². The fourth-order valence-electron chi connectivity index (χ4n) is 2.12. The monoisotopic (exact) mass is 278 g/mol. The second-order valence-electron chi connectivity index (χ2n) is 4.71. The summed E-state index contributed by atoms with van der Waals surface area (Å²) in [6.07, 6.45) is 5.43. The van der Waals surface area contributed by atoms with Gasteiger partial charge in [-0.1, -0.05) is 24.9 Å². The maximum absolute atomic E-state index is 11.5. The molecule has 19 heavy (non-hydrogen) atoms. The predicted molar refractivity (Wildman–Crippen MR) is 79.5 cm³/mol. The molecule has 0 atom stereocenters. The number of H-pyrrole nitrogens is 1. The van der Waals surface area contributed by atoms with Crippen molar-refractivity contribution in [3.05, 3.63) is 35.0 Å². The lowest BCUT2D eigenvalue weighted by Gasteiger charge is -2.04. The van der Waals surface area contributed by atoms with Gasteiger partial charge in [-0.15, -0.1) is 0 Å². The van der Waals surface area contributed by atoms with Gasteiger partial charge >= 0.3 is 0 Å². The molecule has 0 aliphatic rings. The number of carbonyl (C=O) groups excluding carboxylic acids is 1. The van der Waals surface area contributed by atoms with Gasteiger partial charge in [0.2, 0.25) is 5.91 Å². The SMILES string of the molecule is CCCCC(=O)NCCc1c[nH]c2ccc(Cl)cc12. The van der Waals surface area contributed by atoms with Gasteiger partial charge in [0, 0.05) is 35.1 Å². The molecule has 3 nitrogen and oxygen atoms in total. The minimum atomic E-state index is 0.139. The van der Waals surface area contributed by atoms with Crippen LogP contribution < -0.4 is 5.32 Å². The summed E-state index contributed by atoms with van der Waals surface area (Å²) >= 11 is 6.01. The zero-order valence-electron chi connectivity index (χ0n) is 11.1. The number of aromatic nitrogens is 1. The van der Waals surface area contributed by atoms with Crippen molar-refractivity contribution in [3.8, 4) is 0 Å². The van der Waals surface area contributed by atoms with Gasteiger partial charge < -0.3 is 10.3 Å². The number of hydrogen-bond acceptors (Lipinski definition) is 1. The number of benzene rings is 1. The van der Waals surface area contributed by atoms with Crippen molar-refractivity contribution < 1.29 is 4.79 Å². The van der Waals surface area contributed by atoms with Crippen molar-refractivity contribution in [2.45, 2.75) is 32.6 Å². The second-order valence-corrected chi connectivity index (χ2v) is 5.14. The van der Waals surface area contributed by atoms with Crippen LogP contribution in [0.4, 0.5) is 0 Å². The van der Waals surface area contributed by atoms with Gasteiger partial charge in [0.05, 0.1) is 0 Å². The Labute approximate surface area is 118 Å². The lowest BCUT2D eigenvalue weighted by atomic mass is 10.1. The first-order chi connectivity index (χ1) is 9.20. The van der Waals surface area contributed by atoms with E-state index in [1.54, 1.807) is 0 Å². The highest BCUT2D eigenvalue weighted by atomic mass is 35.5. The lowest BCUT2D eigenvalue weighted by molar-refractivity contribution is -0.121. The van der Waals surface area contributed by atoms with Gasteiger partial charge in [-0.2, -0.15) is 0 Å². The molecule has 0 unspecified atom stereocenters. The third kappa shape index (κ3) is 3.74. The van der Waals surface area contributed by atoms with Crippen molar-refractivity contribution in [1.82, 2.24) is 10.3 Å². The molecular formula is C15H19ClN2O. The van der Waals surface area contributed by atoms with Crippen molar-refractivity contribution in [3.63, 3.8) is 0 Å². The summed E-state index contributed by atoms with van der Waals surface area (Å²) in [5, 5.41) is 4.82. The molecule has 0 fully saturated rings. The molecule has 0 radical (unpaired) electrons. The first-order valence-corrected chi connectivity index (χ1v) is 7.10. The Morgan fingerprint density at radius 1 is 1.42 bits per heavy atom. The highest BCUT2D eigenvalue weighted by molar-refractivity contribution is 6.31. The Morgan fingerprint density at radius 3 is 3.05 bits per heavy atom. The molecule has 2 aromatic rings. The molecule has 2 N–H and O–H groups in total. The summed E-state index contributed by atoms with van der Waals surface area (Å²) in [4.78, 5) is 14.7. The molecule has 2 rings (SSSR count). The largest absolute Gasteiger partial charge is 0.361 e. The van der Waals surface area contributed by atoms with Crippen molar-refractivity contribution in [2.75, 3.05) is 6.54 Å². The smallest absolute Gasteiger partial charge is 0.220 e. The molecule has 0 spiro atoms. The van der Waals surface area contributed by atoms with Crippen LogP contribution >= 0.6 is 11.6 Å². The number of unbranched alkanes of at least 4 members (excludes halogenated alkanes) is 1. The van der Waals surface area contributed by atoms with E-state index in [1.807, 2.05) is 24.4 Å². The van der Waals surface area contributed by atoms with E-state index in [0.29, 0.717) is 13.0 Å². The van der Waals surface area contributed by atoms with Crippen LogP contribution in [0.3, 0.4) is 0 Å². The third-order valence-corrected chi connectivity index (χ3v) is 3.44. The van der Waals surface area contributed by atoms with E-state index < -0.39 is 0 Å². The zero-order chi connectivity index (χ0) is 13.7. The number of carbonyl (C=O) groups is 1. The number of rotatable bonds is 6. The van der Waals surface area contributed by atoms with E-state index in [1.165, 1.54) is 5.56 Å². The molecular weight excluding hydrogens is 260 g/mol. The zero-order valence-corrected chi connectivity index (χ0v) is 11.9. The topological polar surface area (TPSA) is 44.9 Å². The summed E-state index contributed by atoms with van der Waals surface area (Å²) in [6, 6.07) is 5.80. The normalized spacial score (nSPS) is 10.8. The molecule has 1 heterocycles. The van der Waals surface area contributed by atoms with Crippen LogP contribution in [0, 0.1) is 0 Å². The summed E-state index contributed by atoms with van der Waals surface area (Å²) in [6.45, 7) is 2.75. The van der Waals surface area contributed by atoms with Gasteiger partial charge in [-0.25, -0.2) is 0 Å². The number of nitrogens with one attached hydrogen (secondary N) is 2. The second kappa shape index (κ2) is 6.62. The summed E-state index contributed by atoms with van der Waals surface area (Å²) < 4.78 is 0. The Bertz CT molecular complexity index is 562. The number of amides is 1. The van der Waals surface area contributed by atoms with Gasteiger partial charge in [0.15, 0.2) is 0 Å². The third-order valence-electron chi connectivity index (χ3n) is 3.20. The average Bonchev–Trinajstić information content (AvgIpc) is 2.79. The van der Waals surface area contributed by atoms with E-state index in [9.17, 15) is 4.79 Å². The Morgan fingerprint density at radius 2 is 2.26 bits per heavy atom. The molecule has 1 amide bonds. The number of hydrogen-bond donors (Lipinski definition) is 2. The summed E-state index contributed by atoms with van der Waals surface area (Å²) in [5.74, 6) is 0.139. The Kier molecular flexibility index (Phi) is 4.86. The Hall–Kier alpha value is -1.48. The highest BCUT2D eigenvalue weighted by Crippen LogP contribution is 2.22. The van der Waals surface area contributed by atoms with Crippen molar-refractivity contribution >= 4 is 28.4 Å². The number of fused-ring (bicyclic) bond motifs is 1. The number of halogens is 1. The van der Waals surface area contributed by atoms with Crippen LogP contribution in [0.5, 0.6) is 0 Å². The maximum atomic E-state index is 11.5. The molecule has 0 bridgehead atoms. The highest BCUT2D eigenvalue weighted by Gasteiger charge is 2.05. The van der Waals surface area contributed by atoms with E-state index in [0.717, 1.165) is 35.2 Å². The minimum Gasteiger partial charge on any atom is -0.361 e. The molecule has 0 saturated heterocycles. The van der Waals surface area contributed by atoms with Crippen molar-refractivity contribution in [1.29, 1.82) is 0 Å². The molecule has 0 aliphatic carbocycles. The molecule has 4 heteroatoms. The fourth-order valence-corrected chi connectivity index (χ4v) is 2.29. The van der Waals surface area contributed by atoms with Crippen LogP contribution in [-0.2, 0) is 11.2 Å². The van der Waals surface area contributed by atoms with E-state index in [-0.39, 0.29) is 5.91 Å². The van der Waals surface area contributed by atoms with Crippen molar-refractivity contribution in [2.24, 2.45) is 0 Å². The molecule has 0 saturated carbocycles. The first-order valence-electron chi connectivity index (χ1n) is 6.73. The van der Waals surface area contributed by atoms with Crippen LogP contribution in [0.15, 0.2) is 24.4 Å². The molecule has 1 aromatic carbocycles. The van der Waals surface area contributed by atoms with Gasteiger partial charge in [-0.3, -0.25) is 4.79 Å². The molecule has 1 aromatic heterocycles. The van der Waals surface area contributed by atoms with E-state index >= 15 is 0 Å². The fraction of sp³-hybridized carbons (Fsp3) is 0.400. The first kappa shape index (κ1) is 13.9. The summed E-state index contributed by atoms with van der Waals surface area (Å²) in [7, 11) is 0. The lowest BCUT2D eigenvalue weighted by Crippen LogP contribution is -2.25. The molecule has 0 aliphatic heterocycles. The molecule has 102 valence electrons. The van der Waals surface area contributed by atoms with Gasteiger partial charge in [0.25, 0.3) is 0 Å². The maximum Gasteiger partial charge on any atom is 0.220 e. The van der Waals surface area contributed by atoms with Crippen LogP contribution in [0.1, 0.15) is 31.7 Å². The van der Waals surface area contributed by atoms with Crippen LogP contribution in [-0.4, -0.2) is 17.4 Å². The predicted octanol–water partition coefficient (Wildman–Crippen LogP) is 3.67. The Balaban J connectivity index is 1.91. The summed E-state index contributed by atoms with van der Waals surface area (Å²) in [5.41, 5.74) is 2.27. The van der Waals surface area contributed by atoms with Crippen LogP contribution in [0.25, 0.3) is 10.9 Å². The van der Waals surface area contributed by atoms with E-state index in [4.69, 9.17) is 11.6 Å². The van der Waals surface area contributed by atoms with Gasteiger partial charge in [0.1, 0.15) is 0 Å². The van der Waals surface area contributed by atoms with E-state index in [2.05, 4.69) is 17.2 Å². The number of aromatic amines is 1. The minimum absolute atomic E-state index is 0.139. The average molecular weight is 279 g/mol.